The lowest BCUT2D eigenvalue weighted by Crippen LogP contribution is -2.17. The van der Waals surface area contributed by atoms with Crippen LogP contribution in [-0.2, 0) is 19.9 Å². The molecule has 0 aliphatic heterocycles. The number of anilines is 1. The molecule has 0 saturated carbocycles. The van der Waals surface area contributed by atoms with Gasteiger partial charge in [0.1, 0.15) is 5.69 Å². The van der Waals surface area contributed by atoms with Crippen molar-refractivity contribution in [3.63, 3.8) is 0 Å². The maximum atomic E-state index is 12.4. The second-order valence-corrected chi connectivity index (χ2v) is 6.36. The van der Waals surface area contributed by atoms with E-state index in [9.17, 15) is 4.79 Å². The Hall–Kier alpha value is -2.96. The third-order valence-corrected chi connectivity index (χ3v) is 4.58. The predicted molar refractivity (Wildman–Crippen MR) is 92.3 cm³/mol. The van der Waals surface area contributed by atoms with Crippen LogP contribution in [0.15, 0.2) is 28.8 Å². The fourth-order valence-corrected chi connectivity index (χ4v) is 3.29. The molecule has 0 fully saturated rings. The Morgan fingerprint density at radius 2 is 2.00 bits per heavy atom. The lowest BCUT2D eigenvalue weighted by molar-refractivity contribution is 0.101. The number of carbonyl (C=O) groups excluding carboxylic acids is 1. The van der Waals surface area contributed by atoms with Crippen LogP contribution < -0.4 is 5.32 Å². The van der Waals surface area contributed by atoms with Gasteiger partial charge < -0.3 is 4.42 Å². The molecule has 0 saturated heterocycles. The number of nitrogens with zero attached hydrogens (tertiary/aromatic N) is 4. The van der Waals surface area contributed by atoms with Crippen molar-refractivity contribution in [3.05, 3.63) is 46.8 Å². The summed E-state index contributed by atoms with van der Waals surface area (Å²) >= 11 is 0. The van der Waals surface area contributed by atoms with E-state index in [1.807, 2.05) is 13.0 Å². The Bertz CT molecular complexity index is 921. The molecule has 7 nitrogen and oxygen atoms in total. The molecule has 3 aromatic rings. The number of hydrogen-bond acceptors (Lipinski definition) is 5. The van der Waals surface area contributed by atoms with E-state index in [1.54, 1.807) is 13.2 Å². The van der Waals surface area contributed by atoms with Crippen molar-refractivity contribution in [2.24, 2.45) is 7.05 Å². The fraction of sp³-hybridized carbons (Fsp3) is 0.333. The van der Waals surface area contributed by atoms with Crippen molar-refractivity contribution >= 4 is 11.9 Å². The van der Waals surface area contributed by atoms with Crippen LogP contribution in [0.2, 0.25) is 0 Å². The Labute approximate surface area is 145 Å². The van der Waals surface area contributed by atoms with Crippen molar-refractivity contribution in [2.75, 3.05) is 5.32 Å². The topological polar surface area (TPSA) is 85.8 Å². The highest BCUT2D eigenvalue weighted by Crippen LogP contribution is 2.27. The van der Waals surface area contributed by atoms with E-state index in [0.29, 0.717) is 11.6 Å². The first kappa shape index (κ1) is 15.6. The Kier molecular flexibility index (Phi) is 3.83. The highest BCUT2D eigenvalue weighted by molar-refractivity contribution is 6.02. The van der Waals surface area contributed by atoms with E-state index in [4.69, 9.17) is 4.42 Å². The number of aryl methyl sites for hydroxylation is 4. The molecule has 2 aromatic heterocycles. The van der Waals surface area contributed by atoms with E-state index in [0.717, 1.165) is 24.0 Å². The molecule has 0 unspecified atom stereocenters. The van der Waals surface area contributed by atoms with E-state index in [2.05, 4.69) is 32.7 Å². The number of carbonyl (C=O) groups is 1. The van der Waals surface area contributed by atoms with Gasteiger partial charge in [0, 0.05) is 12.6 Å². The van der Waals surface area contributed by atoms with Gasteiger partial charge in [0.05, 0.1) is 6.20 Å². The first-order valence-corrected chi connectivity index (χ1v) is 8.37. The zero-order chi connectivity index (χ0) is 17.4. The quantitative estimate of drug-likeness (QED) is 0.794. The molecule has 2 heterocycles. The number of nitrogens with one attached hydrogen (secondary N) is 1. The average Bonchev–Trinajstić information content (AvgIpc) is 3.21. The van der Waals surface area contributed by atoms with Crippen molar-refractivity contribution in [2.45, 2.75) is 32.6 Å². The first-order chi connectivity index (χ1) is 12.1. The van der Waals surface area contributed by atoms with Crippen LogP contribution in [0.25, 0.3) is 11.5 Å². The summed E-state index contributed by atoms with van der Waals surface area (Å²) in [6.07, 6.45) is 6.31. The molecule has 0 atom stereocenters. The molecule has 1 aliphatic rings. The minimum atomic E-state index is -0.321. The largest absolute Gasteiger partial charge is 0.403 e. The summed E-state index contributed by atoms with van der Waals surface area (Å²) in [5, 5.41) is 14.7. The van der Waals surface area contributed by atoms with Gasteiger partial charge in [0.25, 0.3) is 5.91 Å². The Morgan fingerprint density at radius 1 is 1.20 bits per heavy atom. The third-order valence-electron chi connectivity index (χ3n) is 4.58. The predicted octanol–water partition coefficient (Wildman–Crippen LogP) is 2.91. The van der Waals surface area contributed by atoms with E-state index in [-0.39, 0.29) is 11.9 Å². The van der Waals surface area contributed by atoms with Crippen molar-refractivity contribution in [1.82, 2.24) is 20.0 Å². The molecule has 1 aromatic carbocycles. The van der Waals surface area contributed by atoms with Gasteiger partial charge in [0.2, 0.25) is 5.89 Å². The molecule has 4 rings (SSSR count). The second-order valence-electron chi connectivity index (χ2n) is 6.36. The molecular weight excluding hydrogens is 318 g/mol. The minimum absolute atomic E-state index is 0.0818. The lowest BCUT2D eigenvalue weighted by atomic mass is 9.90. The van der Waals surface area contributed by atoms with Gasteiger partial charge >= 0.3 is 6.01 Å². The molecule has 1 N–H and O–H groups in total. The van der Waals surface area contributed by atoms with E-state index >= 15 is 0 Å². The van der Waals surface area contributed by atoms with E-state index < -0.39 is 0 Å². The minimum Gasteiger partial charge on any atom is -0.403 e. The molecule has 1 amide bonds. The van der Waals surface area contributed by atoms with Crippen LogP contribution in [0.3, 0.4) is 0 Å². The first-order valence-electron chi connectivity index (χ1n) is 8.37. The number of rotatable bonds is 3. The average molecular weight is 337 g/mol. The molecule has 0 bridgehead atoms. The zero-order valence-corrected chi connectivity index (χ0v) is 14.2. The van der Waals surface area contributed by atoms with Gasteiger partial charge in [-0.1, -0.05) is 11.2 Å². The fourth-order valence-electron chi connectivity index (χ4n) is 3.29. The Morgan fingerprint density at radius 3 is 2.76 bits per heavy atom. The van der Waals surface area contributed by atoms with Crippen LogP contribution in [0, 0.1) is 6.92 Å². The van der Waals surface area contributed by atoms with Gasteiger partial charge in [-0.25, -0.2) is 0 Å². The molecule has 7 heteroatoms. The van der Waals surface area contributed by atoms with Gasteiger partial charge in [-0.2, -0.15) is 5.10 Å². The second kappa shape index (κ2) is 6.16. The van der Waals surface area contributed by atoms with E-state index in [1.165, 1.54) is 28.7 Å². The van der Waals surface area contributed by atoms with Gasteiger partial charge in [-0.3, -0.25) is 14.8 Å². The summed E-state index contributed by atoms with van der Waals surface area (Å²) in [5.41, 5.74) is 4.88. The monoisotopic (exact) mass is 337 g/mol. The number of aromatic nitrogens is 4. The highest BCUT2D eigenvalue weighted by atomic mass is 16.4. The zero-order valence-electron chi connectivity index (χ0n) is 14.2. The maximum Gasteiger partial charge on any atom is 0.322 e. The maximum absolute atomic E-state index is 12.4. The standard InChI is InChI=1S/C18H19N5O2/c1-11-10-19-23(2)15(11)16(24)20-18-22-21-17(25-18)14-8-7-12-5-3-4-6-13(12)9-14/h7-10H,3-6H2,1-2H3,(H,20,22,24). The number of benzene rings is 1. The third kappa shape index (κ3) is 2.93. The molecule has 128 valence electrons. The van der Waals surface area contributed by atoms with Crippen LogP contribution in [0.5, 0.6) is 0 Å². The molecule has 0 spiro atoms. The summed E-state index contributed by atoms with van der Waals surface area (Å²) in [6, 6.07) is 6.32. The highest BCUT2D eigenvalue weighted by Gasteiger charge is 2.18. The molecular formula is C18H19N5O2. The summed E-state index contributed by atoms with van der Waals surface area (Å²) in [5.74, 6) is 0.0866. The molecule has 25 heavy (non-hydrogen) atoms. The van der Waals surface area contributed by atoms with Crippen LogP contribution in [0.4, 0.5) is 6.01 Å². The van der Waals surface area contributed by atoms with Gasteiger partial charge in [-0.05, 0) is 61.4 Å². The van der Waals surface area contributed by atoms with Crippen molar-refractivity contribution in [3.8, 4) is 11.5 Å². The van der Waals surface area contributed by atoms with Crippen molar-refractivity contribution in [1.29, 1.82) is 0 Å². The van der Waals surface area contributed by atoms with Crippen LogP contribution in [0.1, 0.15) is 40.0 Å². The number of fused-ring (bicyclic) bond motifs is 1. The molecule has 1 aliphatic carbocycles. The lowest BCUT2D eigenvalue weighted by Gasteiger charge is -2.15. The summed E-state index contributed by atoms with van der Waals surface area (Å²) in [7, 11) is 1.72. The Balaban J connectivity index is 1.55. The smallest absolute Gasteiger partial charge is 0.322 e. The normalized spacial score (nSPS) is 13.5. The van der Waals surface area contributed by atoms with Crippen molar-refractivity contribution < 1.29 is 9.21 Å². The molecule has 0 radical (unpaired) electrons. The van der Waals surface area contributed by atoms with Crippen LogP contribution in [-0.4, -0.2) is 25.9 Å². The SMILES string of the molecule is Cc1cnn(C)c1C(=O)Nc1nnc(-c2ccc3c(c2)CCCC3)o1. The van der Waals surface area contributed by atoms with Crippen LogP contribution >= 0.6 is 0 Å². The summed E-state index contributed by atoms with van der Waals surface area (Å²) in [6.45, 7) is 1.83. The number of hydrogen-bond donors (Lipinski definition) is 1. The number of amides is 1. The van der Waals surface area contributed by atoms with Gasteiger partial charge in [-0.15, -0.1) is 5.10 Å². The summed E-state index contributed by atoms with van der Waals surface area (Å²) < 4.78 is 7.14. The van der Waals surface area contributed by atoms with Gasteiger partial charge in [0.15, 0.2) is 0 Å². The summed E-state index contributed by atoms with van der Waals surface area (Å²) in [4.78, 5) is 12.4.